The van der Waals surface area contributed by atoms with Gasteiger partial charge in [0, 0.05) is 23.0 Å². The predicted molar refractivity (Wildman–Crippen MR) is 86.0 cm³/mol. The largest absolute Gasteiger partial charge is 0.459 e. The molecule has 0 aliphatic carbocycles. The second kappa shape index (κ2) is 7.25. The Morgan fingerprint density at radius 1 is 1.25 bits per heavy atom. The summed E-state index contributed by atoms with van der Waals surface area (Å²) < 4.78 is 12.5. The van der Waals surface area contributed by atoms with E-state index in [0.717, 1.165) is 41.0 Å². The van der Waals surface area contributed by atoms with Crippen LogP contribution in [-0.4, -0.2) is 19.8 Å². The van der Waals surface area contributed by atoms with Crippen molar-refractivity contribution >= 4 is 26.9 Å². The van der Waals surface area contributed by atoms with Crippen molar-refractivity contribution in [3.63, 3.8) is 0 Å². The van der Waals surface area contributed by atoms with Crippen LogP contribution < -0.4 is 5.32 Å². The lowest BCUT2D eigenvalue weighted by Crippen LogP contribution is -2.23. The summed E-state index contributed by atoms with van der Waals surface area (Å²) in [6, 6.07) is 8.33. The Morgan fingerprint density at radius 2 is 2.05 bits per heavy atom. The third-order valence-electron chi connectivity index (χ3n) is 3.07. The van der Waals surface area contributed by atoms with E-state index in [9.17, 15) is 0 Å². The molecule has 0 aliphatic heterocycles. The Bertz CT molecular complexity index is 550. The van der Waals surface area contributed by atoms with Crippen molar-refractivity contribution in [3.05, 3.63) is 34.5 Å². The minimum absolute atomic E-state index is 0.184. The molecular formula is C16H22BrNO2. The topological polar surface area (TPSA) is 34.4 Å². The number of fused-ring (bicyclic) bond motifs is 1. The quantitative estimate of drug-likeness (QED) is 0.753. The van der Waals surface area contributed by atoms with Crippen LogP contribution in [0.3, 0.4) is 0 Å². The molecule has 1 unspecified atom stereocenters. The van der Waals surface area contributed by atoms with Crippen molar-refractivity contribution in [2.45, 2.75) is 26.8 Å². The van der Waals surface area contributed by atoms with Gasteiger partial charge in [-0.15, -0.1) is 0 Å². The monoisotopic (exact) mass is 339 g/mol. The summed E-state index contributed by atoms with van der Waals surface area (Å²) in [4.78, 5) is 0. The zero-order chi connectivity index (χ0) is 14.5. The molecule has 20 heavy (non-hydrogen) atoms. The molecule has 1 heterocycles. The fraction of sp³-hybridized carbons (Fsp3) is 0.500. The van der Waals surface area contributed by atoms with Gasteiger partial charge in [0.2, 0.25) is 0 Å². The zero-order valence-corrected chi connectivity index (χ0v) is 13.9. The standard InChI is InChI=1S/C16H22BrNO2/c1-11(2)10-19-7-6-18-12(3)16-9-13-8-14(17)4-5-15(13)20-16/h4-5,8-9,11-12,18H,6-7,10H2,1-3H3. The Kier molecular flexibility index (Phi) is 5.64. The second-order valence-corrected chi connectivity index (χ2v) is 6.39. The van der Waals surface area contributed by atoms with Crippen LogP contribution in [0.25, 0.3) is 11.0 Å². The molecule has 3 nitrogen and oxygen atoms in total. The van der Waals surface area contributed by atoms with Crippen LogP contribution in [-0.2, 0) is 4.74 Å². The zero-order valence-electron chi connectivity index (χ0n) is 12.3. The summed E-state index contributed by atoms with van der Waals surface area (Å²) in [6.45, 7) is 8.79. The number of nitrogens with one attached hydrogen (secondary N) is 1. The Morgan fingerprint density at radius 3 is 2.80 bits per heavy atom. The molecule has 0 radical (unpaired) electrons. The average Bonchev–Trinajstić information content (AvgIpc) is 2.80. The normalized spacial score (nSPS) is 13.2. The molecule has 2 aromatic rings. The first kappa shape index (κ1) is 15.5. The summed E-state index contributed by atoms with van der Waals surface area (Å²) in [5.41, 5.74) is 0.924. The number of halogens is 1. The summed E-state index contributed by atoms with van der Waals surface area (Å²) in [6.07, 6.45) is 0. The molecule has 4 heteroatoms. The highest BCUT2D eigenvalue weighted by molar-refractivity contribution is 9.10. The number of hydrogen-bond donors (Lipinski definition) is 1. The minimum atomic E-state index is 0.184. The van der Waals surface area contributed by atoms with Gasteiger partial charge < -0.3 is 14.5 Å². The maximum Gasteiger partial charge on any atom is 0.134 e. The predicted octanol–water partition coefficient (Wildman–Crippen LogP) is 4.52. The Hall–Kier alpha value is -0.840. The van der Waals surface area contributed by atoms with Gasteiger partial charge in [0.05, 0.1) is 12.6 Å². The molecule has 0 amide bonds. The smallest absolute Gasteiger partial charge is 0.134 e. The van der Waals surface area contributed by atoms with Crippen molar-refractivity contribution < 1.29 is 9.15 Å². The van der Waals surface area contributed by atoms with Gasteiger partial charge in [-0.05, 0) is 37.1 Å². The first-order valence-corrected chi connectivity index (χ1v) is 7.85. The van der Waals surface area contributed by atoms with Crippen molar-refractivity contribution in [2.75, 3.05) is 19.8 Å². The van der Waals surface area contributed by atoms with Crippen LogP contribution in [0.2, 0.25) is 0 Å². The maximum absolute atomic E-state index is 5.86. The van der Waals surface area contributed by atoms with Crippen molar-refractivity contribution in [3.8, 4) is 0 Å². The maximum atomic E-state index is 5.86. The molecular weight excluding hydrogens is 318 g/mol. The van der Waals surface area contributed by atoms with Crippen LogP contribution in [0.5, 0.6) is 0 Å². The molecule has 0 aliphatic rings. The number of ether oxygens (including phenoxy) is 1. The molecule has 0 spiro atoms. The minimum Gasteiger partial charge on any atom is -0.459 e. The SMILES string of the molecule is CC(C)COCCNC(C)c1cc2cc(Br)ccc2o1. The molecule has 0 saturated heterocycles. The first-order chi connectivity index (χ1) is 9.56. The second-order valence-electron chi connectivity index (χ2n) is 5.48. The van der Waals surface area contributed by atoms with Gasteiger partial charge in [0.15, 0.2) is 0 Å². The van der Waals surface area contributed by atoms with Crippen molar-refractivity contribution in [1.29, 1.82) is 0 Å². The molecule has 0 bridgehead atoms. The van der Waals surface area contributed by atoms with E-state index in [2.05, 4.69) is 54.2 Å². The van der Waals surface area contributed by atoms with Gasteiger partial charge in [-0.2, -0.15) is 0 Å². The van der Waals surface area contributed by atoms with Gasteiger partial charge in [-0.1, -0.05) is 29.8 Å². The molecule has 1 N–H and O–H groups in total. The molecule has 0 fully saturated rings. The Labute approximate surface area is 128 Å². The summed E-state index contributed by atoms with van der Waals surface area (Å²) in [5.74, 6) is 1.54. The van der Waals surface area contributed by atoms with Crippen LogP contribution in [0.1, 0.15) is 32.6 Å². The third kappa shape index (κ3) is 4.33. The number of hydrogen-bond acceptors (Lipinski definition) is 3. The first-order valence-electron chi connectivity index (χ1n) is 7.06. The highest BCUT2D eigenvalue weighted by Crippen LogP contribution is 2.26. The van der Waals surface area contributed by atoms with Gasteiger partial charge in [0.1, 0.15) is 11.3 Å². The van der Waals surface area contributed by atoms with Gasteiger partial charge in [0.25, 0.3) is 0 Å². The molecule has 1 aromatic heterocycles. The van der Waals surface area contributed by atoms with E-state index >= 15 is 0 Å². The van der Waals surface area contributed by atoms with Crippen LogP contribution in [0.15, 0.2) is 33.2 Å². The number of furan rings is 1. The lowest BCUT2D eigenvalue weighted by atomic mass is 10.2. The van der Waals surface area contributed by atoms with Crippen molar-refractivity contribution in [1.82, 2.24) is 5.32 Å². The van der Waals surface area contributed by atoms with E-state index in [0.29, 0.717) is 5.92 Å². The molecule has 1 aromatic carbocycles. The molecule has 0 saturated carbocycles. The van der Waals surface area contributed by atoms with Gasteiger partial charge >= 0.3 is 0 Å². The highest BCUT2D eigenvalue weighted by atomic mass is 79.9. The van der Waals surface area contributed by atoms with Crippen molar-refractivity contribution in [2.24, 2.45) is 5.92 Å². The summed E-state index contributed by atoms with van der Waals surface area (Å²) >= 11 is 3.48. The van der Waals surface area contributed by atoms with Gasteiger partial charge in [-0.25, -0.2) is 0 Å². The lowest BCUT2D eigenvalue weighted by molar-refractivity contribution is 0.110. The average molecular weight is 340 g/mol. The van der Waals surface area contributed by atoms with E-state index in [1.807, 2.05) is 12.1 Å². The summed E-state index contributed by atoms with van der Waals surface area (Å²) in [7, 11) is 0. The molecule has 2 rings (SSSR count). The molecule has 110 valence electrons. The van der Waals surface area contributed by atoms with E-state index in [4.69, 9.17) is 9.15 Å². The third-order valence-corrected chi connectivity index (χ3v) is 3.57. The number of benzene rings is 1. The number of rotatable bonds is 7. The fourth-order valence-corrected chi connectivity index (χ4v) is 2.39. The summed E-state index contributed by atoms with van der Waals surface area (Å²) in [5, 5.41) is 4.54. The van der Waals surface area contributed by atoms with Crippen LogP contribution in [0.4, 0.5) is 0 Å². The van der Waals surface area contributed by atoms with E-state index in [-0.39, 0.29) is 6.04 Å². The fourth-order valence-electron chi connectivity index (χ4n) is 2.02. The lowest BCUT2D eigenvalue weighted by Gasteiger charge is -2.12. The van der Waals surface area contributed by atoms with E-state index in [1.165, 1.54) is 0 Å². The van der Waals surface area contributed by atoms with E-state index < -0.39 is 0 Å². The van der Waals surface area contributed by atoms with E-state index in [1.54, 1.807) is 0 Å². The highest BCUT2D eigenvalue weighted by Gasteiger charge is 2.11. The van der Waals surface area contributed by atoms with Gasteiger partial charge in [-0.3, -0.25) is 0 Å². The Balaban J connectivity index is 1.86. The molecule has 1 atom stereocenters. The van der Waals surface area contributed by atoms with Crippen LogP contribution >= 0.6 is 15.9 Å². The van der Waals surface area contributed by atoms with Crippen LogP contribution in [0, 0.1) is 5.92 Å².